The summed E-state index contributed by atoms with van der Waals surface area (Å²) < 4.78 is 43.6. The number of hydrogen-bond donors (Lipinski definition) is 0. The van der Waals surface area contributed by atoms with Gasteiger partial charge in [0, 0.05) is 23.7 Å². The maximum Gasteiger partial charge on any atom is 0.212 e. The van der Waals surface area contributed by atoms with Gasteiger partial charge in [0.25, 0.3) is 0 Å². The fourth-order valence-electron chi connectivity index (χ4n) is 4.05. The van der Waals surface area contributed by atoms with Crippen LogP contribution in [0.4, 0.5) is 0 Å². The van der Waals surface area contributed by atoms with Crippen LogP contribution in [0.2, 0.25) is 19.6 Å². The van der Waals surface area contributed by atoms with Crippen molar-refractivity contribution in [2.75, 3.05) is 0 Å². The Morgan fingerprint density at radius 3 is 2.50 bits per heavy atom. The predicted molar refractivity (Wildman–Crippen MR) is 116 cm³/mol. The van der Waals surface area contributed by atoms with E-state index in [1.54, 1.807) is 12.1 Å². The van der Waals surface area contributed by atoms with E-state index in [0.717, 1.165) is 48.1 Å². The van der Waals surface area contributed by atoms with Gasteiger partial charge >= 0.3 is 0 Å². The molecule has 0 bridgehead atoms. The smallest absolute Gasteiger partial charge is 0.201 e. The highest BCUT2D eigenvalue weighted by atomic mass is 28.3. The zero-order valence-electron chi connectivity index (χ0n) is 21.9. The Bertz CT molecular complexity index is 954. The second-order valence-corrected chi connectivity index (χ2v) is 13.9. The van der Waals surface area contributed by atoms with Gasteiger partial charge in [0.2, 0.25) is 5.69 Å². The van der Waals surface area contributed by atoms with Gasteiger partial charge in [-0.25, -0.2) is 4.57 Å². The van der Waals surface area contributed by atoms with Crippen LogP contribution in [0.1, 0.15) is 55.6 Å². The molecule has 2 aromatic rings. The Balaban J connectivity index is 2.19. The first-order chi connectivity index (χ1) is 14.2. The third-order valence-corrected chi connectivity index (χ3v) is 7.56. The molecule has 0 N–H and O–H groups in total. The van der Waals surface area contributed by atoms with Crippen LogP contribution in [0.3, 0.4) is 0 Å². The predicted octanol–water partition coefficient (Wildman–Crippen LogP) is 5.46. The normalized spacial score (nSPS) is 20.0. The Hall–Kier alpha value is -1.41. The molecule has 1 saturated carbocycles. The zero-order chi connectivity index (χ0) is 23.2. The summed E-state index contributed by atoms with van der Waals surface area (Å²) >= 11 is 0. The molecule has 0 spiro atoms. The minimum atomic E-state index is -2.13. The van der Waals surface area contributed by atoms with Crippen molar-refractivity contribution in [2.24, 2.45) is 13.0 Å². The van der Waals surface area contributed by atoms with E-state index in [0.29, 0.717) is 5.56 Å². The summed E-state index contributed by atoms with van der Waals surface area (Å²) in [6.45, 7) is 6.64. The third-order valence-electron chi connectivity index (χ3n) is 5.55. The number of rotatable bonds is 4. The fraction of sp³-hybridized carbons (Fsp3) is 0.542. The number of nitrogens with zero attached hydrogens (tertiary/aromatic N) is 1. The monoisotopic (exact) mass is 371 g/mol. The second-order valence-electron chi connectivity index (χ2n) is 8.86. The van der Waals surface area contributed by atoms with Gasteiger partial charge in [0.15, 0.2) is 6.20 Å². The number of aryl methyl sites for hydroxylation is 3. The molecule has 0 amide bonds. The summed E-state index contributed by atoms with van der Waals surface area (Å²) in [5, 5.41) is 1.17. The molecule has 3 rings (SSSR count). The highest BCUT2D eigenvalue weighted by molar-refractivity contribution is 6.88. The van der Waals surface area contributed by atoms with Gasteiger partial charge in [-0.05, 0) is 43.3 Å². The van der Waals surface area contributed by atoms with E-state index in [4.69, 9.17) is 4.11 Å². The lowest BCUT2D eigenvalue weighted by atomic mass is 9.84. The average Bonchev–Trinajstić information content (AvgIpc) is 2.67. The molecule has 0 unspecified atom stereocenters. The van der Waals surface area contributed by atoms with Crippen molar-refractivity contribution in [3.63, 3.8) is 0 Å². The molecule has 1 aliphatic rings. The first-order valence-corrected chi connectivity index (χ1v) is 13.4. The van der Waals surface area contributed by atoms with E-state index in [9.17, 15) is 2.74 Å². The maximum atomic E-state index is 9.19. The summed E-state index contributed by atoms with van der Waals surface area (Å²) in [5.74, 6) is 0.0518. The second kappa shape index (κ2) is 7.68. The minimum Gasteiger partial charge on any atom is -0.201 e. The van der Waals surface area contributed by atoms with Crippen LogP contribution in [0, 0.1) is 19.7 Å². The number of benzene rings is 1. The van der Waals surface area contributed by atoms with Crippen molar-refractivity contribution in [1.82, 2.24) is 0 Å². The number of hydrogen-bond acceptors (Lipinski definition) is 0. The largest absolute Gasteiger partial charge is 0.212 e. The lowest BCUT2D eigenvalue weighted by molar-refractivity contribution is -0.659. The van der Waals surface area contributed by atoms with E-state index >= 15 is 0 Å². The molecular formula is C24H36NSi+. The molecule has 0 radical (unpaired) electrons. The van der Waals surface area contributed by atoms with Crippen molar-refractivity contribution < 1.29 is 11.4 Å². The summed E-state index contributed by atoms with van der Waals surface area (Å²) in [7, 11) is 0.221. The van der Waals surface area contributed by atoms with Crippen LogP contribution in [0.15, 0.2) is 30.5 Å². The molecule has 1 aromatic carbocycles. The maximum absolute atomic E-state index is 9.19. The molecule has 2 heteroatoms. The zero-order valence-corrected chi connectivity index (χ0v) is 17.9. The molecule has 26 heavy (non-hydrogen) atoms. The van der Waals surface area contributed by atoms with Crippen molar-refractivity contribution in [3.8, 4) is 11.3 Å². The average molecular weight is 372 g/mol. The first-order valence-electron chi connectivity index (χ1n) is 12.4. The van der Waals surface area contributed by atoms with Gasteiger partial charge in [0.1, 0.15) is 7.05 Å². The van der Waals surface area contributed by atoms with Crippen LogP contribution in [0.5, 0.6) is 0 Å². The van der Waals surface area contributed by atoms with E-state index in [1.165, 1.54) is 11.6 Å². The molecule has 1 heterocycles. The highest BCUT2D eigenvalue weighted by Gasteiger charge is 2.28. The van der Waals surface area contributed by atoms with Crippen molar-refractivity contribution >= 4 is 13.3 Å². The molecule has 1 nitrogen and oxygen atoms in total. The summed E-state index contributed by atoms with van der Waals surface area (Å²) in [6, 6.07) is 7.35. The van der Waals surface area contributed by atoms with Gasteiger partial charge in [0.05, 0.1) is 8.07 Å². The minimum absolute atomic E-state index is 0.0518. The van der Waals surface area contributed by atoms with Crippen molar-refractivity contribution in [3.05, 3.63) is 47.2 Å². The number of aromatic nitrogens is 1. The quantitative estimate of drug-likeness (QED) is 0.496. The van der Waals surface area contributed by atoms with Crippen LogP contribution < -0.4 is 9.75 Å². The Kier molecular flexibility index (Phi) is 4.05. The topological polar surface area (TPSA) is 3.88 Å². The summed E-state index contributed by atoms with van der Waals surface area (Å²) in [5.41, 5.74) is 3.97. The van der Waals surface area contributed by atoms with E-state index < -0.39 is 21.3 Å². The number of pyridine rings is 1. The molecule has 0 saturated heterocycles. The molecule has 140 valence electrons. The SMILES string of the molecule is [2H]C([2H])([2H])c1ccc(-c2cc(C([2H])([2H])C3CCCCC3)c([Si](C)(C)C)c[n+]2C)c(C)c1. The van der Waals surface area contributed by atoms with Crippen molar-refractivity contribution in [1.29, 1.82) is 0 Å². The lowest BCUT2D eigenvalue weighted by Crippen LogP contribution is -2.47. The Morgan fingerprint density at radius 1 is 1.15 bits per heavy atom. The van der Waals surface area contributed by atoms with Crippen LogP contribution in [-0.2, 0) is 13.4 Å². The summed E-state index contributed by atoms with van der Waals surface area (Å²) in [6.07, 6.45) is 6.07. The van der Waals surface area contributed by atoms with Crippen molar-refractivity contribution in [2.45, 2.75) is 71.9 Å². The molecule has 1 aromatic heterocycles. The summed E-state index contributed by atoms with van der Waals surface area (Å²) in [4.78, 5) is 0. The van der Waals surface area contributed by atoms with Gasteiger partial charge in [-0.3, -0.25) is 0 Å². The molecule has 1 fully saturated rings. The van der Waals surface area contributed by atoms with E-state index in [1.807, 2.05) is 20.0 Å². The van der Waals surface area contributed by atoms with E-state index in [-0.39, 0.29) is 5.92 Å². The van der Waals surface area contributed by atoms with E-state index in [2.05, 4.69) is 36.5 Å². The first kappa shape index (κ1) is 13.7. The Morgan fingerprint density at radius 2 is 1.88 bits per heavy atom. The molecule has 1 aliphatic carbocycles. The van der Waals surface area contributed by atoms with Crippen LogP contribution in [0.25, 0.3) is 11.3 Å². The lowest BCUT2D eigenvalue weighted by Gasteiger charge is -2.25. The fourth-order valence-corrected chi connectivity index (χ4v) is 5.59. The molecular weight excluding hydrogens is 330 g/mol. The van der Waals surface area contributed by atoms with Gasteiger partial charge in [-0.15, -0.1) is 0 Å². The van der Waals surface area contributed by atoms with Gasteiger partial charge in [-0.2, -0.15) is 0 Å². The van der Waals surface area contributed by atoms with Crippen LogP contribution in [-0.4, -0.2) is 8.07 Å². The third kappa shape index (κ3) is 4.28. The van der Waals surface area contributed by atoms with Gasteiger partial charge in [-0.1, -0.05) is 69.4 Å². The molecule has 0 aliphatic heterocycles. The van der Waals surface area contributed by atoms with Gasteiger partial charge < -0.3 is 0 Å². The highest BCUT2D eigenvalue weighted by Crippen LogP contribution is 2.28. The Labute approximate surface area is 168 Å². The molecule has 0 atom stereocenters. The standard InChI is InChI=1S/C24H36NSi/c1-18-12-13-22(19(2)14-18)23-16-21(15-20-10-8-7-9-11-20)24(17-25(23)3)26(4,5)6/h12-14,16-17,20H,7-11,15H2,1-6H3/q+1/i1D3,15D2. The van der Waals surface area contributed by atoms with Crippen LogP contribution >= 0.6 is 0 Å².